The zero-order chi connectivity index (χ0) is 27.5. The maximum atomic E-state index is 12.3. The third-order valence-electron chi connectivity index (χ3n) is 5.41. The highest BCUT2D eigenvalue weighted by Gasteiger charge is 2.19. The molecule has 1 aliphatic heterocycles. The lowest BCUT2D eigenvalue weighted by Crippen LogP contribution is -2.43. The highest BCUT2D eigenvalue weighted by molar-refractivity contribution is 9.10. The second-order valence-corrected chi connectivity index (χ2v) is 8.78. The number of hydrogen-bond acceptors (Lipinski definition) is 10. The van der Waals surface area contributed by atoms with Crippen LogP contribution in [0.1, 0.15) is 22.4 Å². The number of nitrogens with one attached hydrogen (secondary N) is 1. The quantitative estimate of drug-likeness (QED) is 0.307. The number of amides is 2. The van der Waals surface area contributed by atoms with E-state index in [2.05, 4.69) is 31.4 Å². The predicted octanol–water partition coefficient (Wildman–Crippen LogP) is 1.95. The number of methoxy groups -OCH3 is 2. The molecule has 0 radical (unpaired) electrons. The summed E-state index contributed by atoms with van der Waals surface area (Å²) in [5.41, 5.74) is 4.34. The molecule has 0 spiro atoms. The van der Waals surface area contributed by atoms with Crippen molar-refractivity contribution in [1.82, 2.24) is 15.3 Å². The molecular weight excluding hydrogens is 562 g/mol. The molecule has 3 rings (SSSR count). The summed E-state index contributed by atoms with van der Waals surface area (Å²) < 4.78 is 27.5. The van der Waals surface area contributed by atoms with Crippen LogP contribution in [0.25, 0.3) is 0 Å². The summed E-state index contributed by atoms with van der Waals surface area (Å²) in [5, 5.41) is 13.5. The summed E-state index contributed by atoms with van der Waals surface area (Å²) >= 11 is 3.40. The van der Waals surface area contributed by atoms with Gasteiger partial charge in [-0.15, -0.1) is 0 Å². The SMILES string of the molecule is COCc1c(Br)c(C)nc(OCC(=O)N/N=C/c2ccc(OCC(=O)N3CCOCC3)c(OC)c2)c1C#N. The van der Waals surface area contributed by atoms with Gasteiger partial charge < -0.3 is 28.6 Å². The van der Waals surface area contributed by atoms with Gasteiger partial charge in [0.25, 0.3) is 11.8 Å². The zero-order valence-corrected chi connectivity index (χ0v) is 22.9. The summed E-state index contributed by atoms with van der Waals surface area (Å²) in [6.07, 6.45) is 1.42. The lowest BCUT2D eigenvalue weighted by atomic mass is 10.1. The lowest BCUT2D eigenvalue weighted by molar-refractivity contribution is -0.137. The third kappa shape index (κ3) is 7.64. The van der Waals surface area contributed by atoms with E-state index in [4.69, 9.17) is 23.7 Å². The van der Waals surface area contributed by atoms with E-state index in [1.54, 1.807) is 30.0 Å². The fraction of sp³-hybridized carbons (Fsp3) is 0.400. The smallest absolute Gasteiger partial charge is 0.278 e. The first-order valence-electron chi connectivity index (χ1n) is 11.6. The number of pyridine rings is 1. The number of aryl methyl sites for hydroxylation is 1. The summed E-state index contributed by atoms with van der Waals surface area (Å²) in [5.74, 6) is 0.172. The summed E-state index contributed by atoms with van der Waals surface area (Å²) in [6.45, 7) is 3.52. The number of nitriles is 1. The van der Waals surface area contributed by atoms with Crippen molar-refractivity contribution in [3.63, 3.8) is 0 Å². The second kappa shape index (κ2) is 14.3. The number of hydrogen-bond donors (Lipinski definition) is 1. The molecule has 0 atom stereocenters. The van der Waals surface area contributed by atoms with Gasteiger partial charge in [0.1, 0.15) is 11.6 Å². The molecule has 1 aromatic heterocycles. The van der Waals surface area contributed by atoms with Crippen LogP contribution >= 0.6 is 15.9 Å². The maximum absolute atomic E-state index is 12.3. The highest BCUT2D eigenvalue weighted by Crippen LogP contribution is 2.30. The average Bonchev–Trinajstić information content (AvgIpc) is 2.94. The number of ether oxygens (including phenoxy) is 5. The largest absolute Gasteiger partial charge is 0.493 e. The van der Waals surface area contributed by atoms with Crippen LogP contribution in [0.3, 0.4) is 0 Å². The number of benzene rings is 1. The van der Waals surface area contributed by atoms with Crippen LogP contribution in [-0.2, 0) is 25.7 Å². The van der Waals surface area contributed by atoms with Crippen LogP contribution < -0.4 is 19.6 Å². The Hall–Kier alpha value is -3.73. The topological polar surface area (TPSA) is 145 Å². The Morgan fingerprint density at radius 2 is 2.00 bits per heavy atom. The van der Waals surface area contributed by atoms with Crippen LogP contribution in [0, 0.1) is 18.3 Å². The molecule has 2 amide bonds. The summed E-state index contributed by atoms with van der Waals surface area (Å²) in [7, 11) is 3.00. The van der Waals surface area contributed by atoms with Crippen molar-refractivity contribution in [3.8, 4) is 23.4 Å². The number of morpholine rings is 1. The van der Waals surface area contributed by atoms with E-state index in [0.717, 1.165) is 0 Å². The Balaban J connectivity index is 1.55. The van der Waals surface area contributed by atoms with Gasteiger partial charge >= 0.3 is 0 Å². The number of carbonyl (C=O) groups is 2. The van der Waals surface area contributed by atoms with E-state index in [0.29, 0.717) is 59.1 Å². The molecular formula is C25H28BrN5O7. The van der Waals surface area contributed by atoms with Crippen molar-refractivity contribution in [1.29, 1.82) is 5.26 Å². The Labute approximate surface area is 228 Å². The van der Waals surface area contributed by atoms with Crippen LogP contribution in [-0.4, -0.2) is 81.6 Å². The summed E-state index contributed by atoms with van der Waals surface area (Å²) in [4.78, 5) is 30.5. The van der Waals surface area contributed by atoms with Crippen molar-refractivity contribution in [2.24, 2.45) is 5.10 Å². The molecule has 0 bridgehead atoms. The number of rotatable bonds is 11. The van der Waals surface area contributed by atoms with Crippen molar-refractivity contribution < 1.29 is 33.3 Å². The van der Waals surface area contributed by atoms with E-state index < -0.39 is 12.5 Å². The summed E-state index contributed by atoms with van der Waals surface area (Å²) in [6, 6.07) is 7.06. The maximum Gasteiger partial charge on any atom is 0.278 e. The predicted molar refractivity (Wildman–Crippen MR) is 139 cm³/mol. The molecule has 0 unspecified atom stereocenters. The molecule has 202 valence electrons. The van der Waals surface area contributed by atoms with Crippen molar-refractivity contribution >= 4 is 34.0 Å². The van der Waals surface area contributed by atoms with Gasteiger partial charge in [-0.2, -0.15) is 10.4 Å². The number of aromatic nitrogens is 1. The molecule has 13 heteroatoms. The van der Waals surface area contributed by atoms with Crippen molar-refractivity contribution in [3.05, 3.63) is 45.1 Å². The number of halogens is 1. The van der Waals surface area contributed by atoms with Gasteiger partial charge in [-0.3, -0.25) is 9.59 Å². The minimum atomic E-state index is -0.547. The normalized spacial score (nSPS) is 13.2. The Bertz CT molecular complexity index is 1230. The van der Waals surface area contributed by atoms with E-state index in [1.165, 1.54) is 20.4 Å². The fourth-order valence-corrected chi connectivity index (χ4v) is 3.89. The molecule has 1 aromatic carbocycles. The standard InChI is InChI=1S/C25H28BrN5O7/c1-16-24(26)19(13-34-2)18(11-27)25(29-16)38-14-22(32)30-28-12-17-4-5-20(21(10-17)35-3)37-15-23(33)31-6-8-36-9-7-31/h4-5,10,12H,6-9,13-15H2,1-3H3,(H,30,32)/b28-12+. The van der Waals surface area contributed by atoms with Crippen LogP contribution in [0.4, 0.5) is 0 Å². The monoisotopic (exact) mass is 589 g/mol. The van der Waals surface area contributed by atoms with Crippen molar-refractivity contribution in [2.75, 3.05) is 53.7 Å². The molecule has 0 aliphatic carbocycles. The van der Waals surface area contributed by atoms with Crippen LogP contribution in [0.15, 0.2) is 27.8 Å². The van der Waals surface area contributed by atoms with E-state index in [-0.39, 0.29) is 30.6 Å². The van der Waals surface area contributed by atoms with Gasteiger partial charge in [0.15, 0.2) is 24.7 Å². The lowest BCUT2D eigenvalue weighted by Gasteiger charge is -2.26. The molecule has 2 heterocycles. The second-order valence-electron chi connectivity index (χ2n) is 7.99. The van der Waals surface area contributed by atoms with Gasteiger partial charge in [-0.05, 0) is 46.6 Å². The van der Waals surface area contributed by atoms with Gasteiger partial charge in [0.2, 0.25) is 5.88 Å². The van der Waals surface area contributed by atoms with Crippen LogP contribution in [0.2, 0.25) is 0 Å². The molecule has 0 saturated carbocycles. The molecule has 1 N–H and O–H groups in total. The molecule has 2 aromatic rings. The van der Waals surface area contributed by atoms with Gasteiger partial charge in [-0.1, -0.05) is 0 Å². The molecule has 1 fully saturated rings. The van der Waals surface area contributed by atoms with E-state index >= 15 is 0 Å². The third-order valence-corrected chi connectivity index (χ3v) is 6.47. The first-order valence-corrected chi connectivity index (χ1v) is 12.4. The Kier molecular flexibility index (Phi) is 10.8. The number of hydrazone groups is 1. The molecule has 1 saturated heterocycles. The minimum absolute atomic E-state index is 0.0341. The number of nitrogens with zero attached hydrogens (tertiary/aromatic N) is 4. The Morgan fingerprint density at radius 3 is 2.68 bits per heavy atom. The van der Waals surface area contributed by atoms with Crippen LogP contribution in [0.5, 0.6) is 17.4 Å². The number of carbonyl (C=O) groups excluding carboxylic acids is 2. The first kappa shape index (κ1) is 28.8. The first-order chi connectivity index (χ1) is 18.4. The fourth-order valence-electron chi connectivity index (χ4n) is 3.49. The van der Waals surface area contributed by atoms with Gasteiger partial charge in [0, 0.05) is 30.2 Å². The van der Waals surface area contributed by atoms with E-state index in [1.807, 2.05) is 6.07 Å². The van der Waals surface area contributed by atoms with Gasteiger partial charge in [0.05, 0.1) is 38.8 Å². The molecule has 12 nitrogen and oxygen atoms in total. The average molecular weight is 590 g/mol. The molecule has 38 heavy (non-hydrogen) atoms. The van der Waals surface area contributed by atoms with Gasteiger partial charge in [-0.25, -0.2) is 10.4 Å². The van der Waals surface area contributed by atoms with Crippen molar-refractivity contribution in [2.45, 2.75) is 13.5 Å². The highest BCUT2D eigenvalue weighted by atomic mass is 79.9. The minimum Gasteiger partial charge on any atom is -0.493 e. The van der Waals surface area contributed by atoms with E-state index in [9.17, 15) is 14.9 Å². The Morgan fingerprint density at radius 1 is 1.24 bits per heavy atom. The zero-order valence-electron chi connectivity index (χ0n) is 21.3. The molecule has 1 aliphatic rings.